The van der Waals surface area contributed by atoms with E-state index < -0.39 is 0 Å². The second kappa shape index (κ2) is 6.56. The molecule has 5 heteroatoms. The van der Waals surface area contributed by atoms with Crippen LogP contribution in [0.2, 0.25) is 0 Å². The van der Waals surface area contributed by atoms with Crippen molar-refractivity contribution in [2.45, 2.75) is 44.7 Å². The molecule has 0 amide bonds. The van der Waals surface area contributed by atoms with Gasteiger partial charge in [0.05, 0.1) is 11.1 Å². The molecule has 3 aliphatic rings. The summed E-state index contributed by atoms with van der Waals surface area (Å²) < 4.78 is 12.0. The first kappa shape index (κ1) is 16.1. The Hall–Kier alpha value is -2.11. The molecule has 0 bridgehead atoms. The predicted octanol–water partition coefficient (Wildman–Crippen LogP) is 4.85. The van der Waals surface area contributed by atoms with E-state index in [0.717, 1.165) is 22.7 Å². The summed E-state index contributed by atoms with van der Waals surface area (Å²) in [5.74, 6) is 1.91. The Bertz CT molecular complexity index is 866. The Morgan fingerprint density at radius 3 is 2.85 bits per heavy atom. The first-order chi connectivity index (χ1) is 12.8. The number of thiophene rings is 1. The van der Waals surface area contributed by atoms with Crippen molar-refractivity contribution < 1.29 is 14.3 Å². The molecule has 1 aromatic heterocycles. The molecule has 2 aromatic rings. The predicted molar refractivity (Wildman–Crippen MR) is 102 cm³/mol. The minimum absolute atomic E-state index is 0.0361. The van der Waals surface area contributed by atoms with Gasteiger partial charge in [-0.3, -0.25) is 9.69 Å². The minimum atomic E-state index is -0.0361. The Morgan fingerprint density at radius 2 is 2.04 bits per heavy atom. The van der Waals surface area contributed by atoms with Crippen molar-refractivity contribution in [2.75, 3.05) is 6.73 Å². The highest BCUT2D eigenvalue weighted by molar-refractivity contribution is 7.10. The summed E-state index contributed by atoms with van der Waals surface area (Å²) in [6, 6.07) is 8.29. The van der Waals surface area contributed by atoms with E-state index in [0.29, 0.717) is 29.8 Å². The zero-order valence-electron chi connectivity index (χ0n) is 14.6. The molecule has 0 atom stereocenters. The molecule has 1 fully saturated rings. The van der Waals surface area contributed by atoms with E-state index in [9.17, 15) is 4.79 Å². The van der Waals surface area contributed by atoms with Crippen molar-refractivity contribution >= 4 is 23.2 Å². The van der Waals surface area contributed by atoms with Gasteiger partial charge in [-0.05, 0) is 36.4 Å². The largest absolute Gasteiger partial charge is 0.478 e. The molecule has 0 radical (unpaired) electrons. The number of ketones is 1. The molecule has 0 spiro atoms. The zero-order valence-corrected chi connectivity index (χ0v) is 15.4. The van der Waals surface area contributed by atoms with Gasteiger partial charge in [-0.1, -0.05) is 25.3 Å². The summed E-state index contributed by atoms with van der Waals surface area (Å²) >= 11 is 1.60. The van der Waals surface area contributed by atoms with Crippen molar-refractivity contribution in [1.29, 1.82) is 0 Å². The molecule has 5 rings (SSSR count). The van der Waals surface area contributed by atoms with E-state index in [2.05, 4.69) is 4.90 Å². The van der Waals surface area contributed by atoms with E-state index in [-0.39, 0.29) is 5.78 Å². The number of Topliss-reactive ketones (excluding diaryl/α,β-unsaturated/α-hetero) is 1. The van der Waals surface area contributed by atoms with Gasteiger partial charge >= 0.3 is 0 Å². The molecular weight excluding hydrogens is 346 g/mol. The fraction of sp³-hybridized carbons (Fsp3) is 0.381. The van der Waals surface area contributed by atoms with Crippen LogP contribution in [0.25, 0.3) is 6.08 Å². The van der Waals surface area contributed by atoms with Crippen molar-refractivity contribution in [3.63, 3.8) is 0 Å². The minimum Gasteiger partial charge on any atom is -0.478 e. The molecule has 1 aliphatic carbocycles. The van der Waals surface area contributed by atoms with Gasteiger partial charge in [0.15, 0.2) is 5.76 Å². The Balaban J connectivity index is 1.46. The molecule has 4 nitrogen and oxygen atoms in total. The van der Waals surface area contributed by atoms with Gasteiger partial charge in [0.1, 0.15) is 18.2 Å². The average Bonchev–Trinajstić information content (AvgIpc) is 3.31. The third-order valence-corrected chi connectivity index (χ3v) is 6.37. The van der Waals surface area contributed by atoms with Gasteiger partial charge < -0.3 is 9.47 Å². The van der Waals surface area contributed by atoms with E-state index in [4.69, 9.17) is 9.47 Å². The van der Waals surface area contributed by atoms with E-state index >= 15 is 0 Å². The number of benzene rings is 1. The van der Waals surface area contributed by atoms with Crippen LogP contribution in [0.5, 0.6) is 11.5 Å². The summed E-state index contributed by atoms with van der Waals surface area (Å²) in [6.45, 7) is 1.42. The normalized spacial score (nSPS) is 22.0. The molecule has 1 saturated carbocycles. The third kappa shape index (κ3) is 2.75. The number of hydrogen-bond donors (Lipinski definition) is 0. The Morgan fingerprint density at radius 1 is 1.15 bits per heavy atom. The summed E-state index contributed by atoms with van der Waals surface area (Å²) in [5.41, 5.74) is 1.67. The number of nitrogens with zero attached hydrogens (tertiary/aromatic N) is 1. The number of carbonyl (C=O) groups excluding carboxylic acids is 1. The van der Waals surface area contributed by atoms with Gasteiger partial charge in [0, 0.05) is 23.5 Å². The lowest BCUT2D eigenvalue weighted by atomic mass is 9.93. The summed E-state index contributed by atoms with van der Waals surface area (Å²) in [6.07, 6.45) is 8.23. The molecule has 0 unspecified atom stereocenters. The van der Waals surface area contributed by atoms with Gasteiger partial charge in [0.2, 0.25) is 5.78 Å². The van der Waals surface area contributed by atoms with E-state index in [1.54, 1.807) is 11.3 Å². The standard InChI is InChI=1S/C21H21NO3S/c23-20-16-8-9-18-17(12-22(13-24-18)14-5-2-1-3-6-14)21(16)25-19(20)11-15-7-4-10-26-15/h4,7-11,14H,1-3,5-6,12-13H2/b19-11-. The molecule has 26 heavy (non-hydrogen) atoms. The van der Waals surface area contributed by atoms with Crippen molar-refractivity contribution in [3.8, 4) is 11.5 Å². The molecule has 3 heterocycles. The summed E-state index contributed by atoms with van der Waals surface area (Å²) in [5, 5.41) is 2.00. The number of allylic oxidation sites excluding steroid dienone is 1. The molecule has 134 valence electrons. The maximum absolute atomic E-state index is 12.7. The van der Waals surface area contributed by atoms with Gasteiger partial charge in [-0.15, -0.1) is 11.3 Å². The number of rotatable bonds is 2. The smallest absolute Gasteiger partial charge is 0.232 e. The third-order valence-electron chi connectivity index (χ3n) is 5.55. The quantitative estimate of drug-likeness (QED) is 0.712. The maximum Gasteiger partial charge on any atom is 0.232 e. The highest BCUT2D eigenvalue weighted by Crippen LogP contribution is 2.43. The van der Waals surface area contributed by atoms with Crippen LogP contribution in [-0.2, 0) is 6.54 Å². The second-order valence-corrected chi connectivity index (χ2v) is 8.17. The lowest BCUT2D eigenvalue weighted by Gasteiger charge is -2.37. The highest BCUT2D eigenvalue weighted by Gasteiger charge is 2.35. The van der Waals surface area contributed by atoms with Crippen LogP contribution in [-0.4, -0.2) is 23.5 Å². The van der Waals surface area contributed by atoms with Crippen LogP contribution in [0.15, 0.2) is 35.4 Å². The lowest BCUT2D eigenvalue weighted by Crippen LogP contribution is -2.41. The number of ether oxygens (including phenoxy) is 2. The second-order valence-electron chi connectivity index (χ2n) is 7.19. The van der Waals surface area contributed by atoms with Gasteiger partial charge in [-0.2, -0.15) is 0 Å². The first-order valence-electron chi connectivity index (χ1n) is 9.30. The SMILES string of the molecule is O=C1/C(=C/c2cccs2)Oc2c1ccc1c2CN(C2CCCCC2)CO1. The fourth-order valence-corrected chi connectivity index (χ4v) is 4.81. The summed E-state index contributed by atoms with van der Waals surface area (Å²) in [4.78, 5) is 16.2. The monoisotopic (exact) mass is 367 g/mol. The van der Waals surface area contributed by atoms with Crippen LogP contribution in [0.3, 0.4) is 0 Å². The highest BCUT2D eigenvalue weighted by atomic mass is 32.1. The molecule has 1 aromatic carbocycles. The topological polar surface area (TPSA) is 38.8 Å². The number of carbonyl (C=O) groups is 1. The molecule has 0 N–H and O–H groups in total. The van der Waals surface area contributed by atoms with Crippen LogP contribution in [0.1, 0.15) is 52.9 Å². The molecule has 0 saturated heterocycles. The lowest BCUT2D eigenvalue weighted by molar-refractivity contribution is 0.0394. The maximum atomic E-state index is 12.7. The van der Waals surface area contributed by atoms with Gasteiger partial charge in [0.25, 0.3) is 0 Å². The molecular formula is C21H21NO3S. The van der Waals surface area contributed by atoms with Crippen molar-refractivity contribution in [2.24, 2.45) is 0 Å². The van der Waals surface area contributed by atoms with Crippen LogP contribution >= 0.6 is 11.3 Å². The number of hydrogen-bond acceptors (Lipinski definition) is 5. The van der Waals surface area contributed by atoms with Crippen LogP contribution in [0, 0.1) is 0 Å². The zero-order chi connectivity index (χ0) is 17.5. The van der Waals surface area contributed by atoms with Crippen LogP contribution in [0.4, 0.5) is 0 Å². The first-order valence-corrected chi connectivity index (χ1v) is 10.2. The van der Waals surface area contributed by atoms with Crippen LogP contribution < -0.4 is 9.47 Å². The average molecular weight is 367 g/mol. The van der Waals surface area contributed by atoms with E-state index in [1.807, 2.05) is 35.7 Å². The van der Waals surface area contributed by atoms with Gasteiger partial charge in [-0.25, -0.2) is 0 Å². The molecule has 2 aliphatic heterocycles. The Labute approximate surface area is 157 Å². The van der Waals surface area contributed by atoms with Crippen molar-refractivity contribution in [3.05, 3.63) is 51.4 Å². The van der Waals surface area contributed by atoms with Crippen molar-refractivity contribution in [1.82, 2.24) is 4.90 Å². The number of fused-ring (bicyclic) bond motifs is 3. The Kier molecular flexibility index (Phi) is 4.06. The summed E-state index contributed by atoms with van der Waals surface area (Å²) in [7, 11) is 0. The van der Waals surface area contributed by atoms with E-state index in [1.165, 1.54) is 32.1 Å². The fourth-order valence-electron chi connectivity index (χ4n) is 4.16.